The van der Waals surface area contributed by atoms with Crippen molar-refractivity contribution in [1.29, 1.82) is 0 Å². The van der Waals surface area contributed by atoms with E-state index in [1.54, 1.807) is 0 Å². The Bertz CT molecular complexity index is 914. The SMILES string of the molecule is CC(C)(C)c1cc(C=CCc2nc3ccccc3o2)cc(C(C)(C)C)c1O. The topological polar surface area (TPSA) is 46.3 Å². The molecule has 0 aliphatic rings. The molecule has 1 N–H and O–H groups in total. The Labute approximate surface area is 161 Å². The van der Waals surface area contributed by atoms with E-state index in [1.807, 2.05) is 24.3 Å². The highest BCUT2D eigenvalue weighted by Crippen LogP contribution is 2.40. The molecule has 1 heterocycles. The minimum atomic E-state index is -0.131. The number of hydrogen-bond donors (Lipinski definition) is 1. The molecule has 0 saturated heterocycles. The largest absolute Gasteiger partial charge is 0.507 e. The van der Waals surface area contributed by atoms with Crippen LogP contribution in [0.5, 0.6) is 5.75 Å². The van der Waals surface area contributed by atoms with Crippen LogP contribution in [0.3, 0.4) is 0 Å². The van der Waals surface area contributed by atoms with Crippen molar-refractivity contribution in [3.63, 3.8) is 0 Å². The highest BCUT2D eigenvalue weighted by molar-refractivity contribution is 5.72. The minimum Gasteiger partial charge on any atom is -0.507 e. The molecule has 0 radical (unpaired) electrons. The molecule has 3 rings (SSSR count). The van der Waals surface area contributed by atoms with Crippen molar-refractivity contribution < 1.29 is 9.52 Å². The van der Waals surface area contributed by atoms with Crippen molar-refractivity contribution in [2.45, 2.75) is 58.8 Å². The molecule has 2 aromatic carbocycles. The van der Waals surface area contributed by atoms with Crippen LogP contribution in [0.4, 0.5) is 0 Å². The van der Waals surface area contributed by atoms with Gasteiger partial charge in [0.1, 0.15) is 11.3 Å². The lowest BCUT2D eigenvalue weighted by Gasteiger charge is -2.27. The van der Waals surface area contributed by atoms with Crippen LogP contribution in [0.1, 0.15) is 64.1 Å². The molecule has 0 fully saturated rings. The van der Waals surface area contributed by atoms with E-state index in [0.29, 0.717) is 18.1 Å². The molecule has 142 valence electrons. The molecule has 0 saturated carbocycles. The summed E-state index contributed by atoms with van der Waals surface area (Å²) in [5.74, 6) is 1.12. The van der Waals surface area contributed by atoms with Crippen LogP contribution in [0.25, 0.3) is 17.2 Å². The Morgan fingerprint density at radius 1 is 0.963 bits per heavy atom. The van der Waals surface area contributed by atoms with Crippen LogP contribution < -0.4 is 0 Å². The second-order valence-electron chi connectivity index (χ2n) is 9.15. The number of allylic oxidation sites excluding steroid dienone is 1. The van der Waals surface area contributed by atoms with Gasteiger partial charge in [0.25, 0.3) is 0 Å². The first-order valence-corrected chi connectivity index (χ1v) is 9.44. The number of nitrogens with zero attached hydrogens (tertiary/aromatic N) is 1. The van der Waals surface area contributed by atoms with Gasteiger partial charge in [-0.1, -0.05) is 65.8 Å². The molecule has 1 aromatic heterocycles. The summed E-state index contributed by atoms with van der Waals surface area (Å²) in [5.41, 5.74) is 4.46. The lowest BCUT2D eigenvalue weighted by molar-refractivity contribution is 0.423. The van der Waals surface area contributed by atoms with E-state index in [2.05, 4.69) is 70.8 Å². The molecule has 0 spiro atoms. The predicted molar refractivity (Wildman–Crippen MR) is 112 cm³/mol. The molecule has 0 atom stereocenters. The second kappa shape index (κ2) is 6.88. The number of benzene rings is 2. The van der Waals surface area contributed by atoms with Crippen LogP contribution in [-0.2, 0) is 17.3 Å². The highest BCUT2D eigenvalue weighted by Gasteiger charge is 2.26. The van der Waals surface area contributed by atoms with Crippen molar-refractivity contribution in [2.24, 2.45) is 0 Å². The molecular formula is C24H29NO2. The fourth-order valence-corrected chi connectivity index (χ4v) is 3.20. The molecule has 0 aliphatic heterocycles. The van der Waals surface area contributed by atoms with Gasteiger partial charge < -0.3 is 9.52 Å². The Kier molecular flexibility index (Phi) is 4.90. The fraction of sp³-hybridized carbons (Fsp3) is 0.375. The number of phenolic OH excluding ortho intramolecular Hbond substituents is 1. The van der Waals surface area contributed by atoms with Gasteiger partial charge in [-0.15, -0.1) is 0 Å². The summed E-state index contributed by atoms with van der Waals surface area (Å²) in [7, 11) is 0. The van der Waals surface area contributed by atoms with Gasteiger partial charge in [-0.25, -0.2) is 4.98 Å². The number of phenols is 1. The molecule has 3 heteroatoms. The van der Waals surface area contributed by atoms with E-state index in [4.69, 9.17) is 4.42 Å². The zero-order valence-corrected chi connectivity index (χ0v) is 17.1. The minimum absolute atomic E-state index is 0.131. The third-order valence-electron chi connectivity index (χ3n) is 4.69. The lowest BCUT2D eigenvalue weighted by atomic mass is 9.78. The van der Waals surface area contributed by atoms with Crippen molar-refractivity contribution >= 4 is 17.2 Å². The maximum absolute atomic E-state index is 10.8. The Morgan fingerprint density at radius 3 is 2.11 bits per heavy atom. The maximum Gasteiger partial charge on any atom is 0.199 e. The number of para-hydroxylation sites is 2. The summed E-state index contributed by atoms with van der Waals surface area (Å²) in [5, 5.41) is 10.8. The Morgan fingerprint density at radius 2 is 1.56 bits per heavy atom. The molecular weight excluding hydrogens is 334 g/mol. The number of aromatic nitrogens is 1. The fourth-order valence-electron chi connectivity index (χ4n) is 3.20. The predicted octanol–water partition coefficient (Wildman–Crippen LogP) is 6.38. The zero-order valence-electron chi connectivity index (χ0n) is 17.1. The van der Waals surface area contributed by atoms with Crippen molar-refractivity contribution in [3.05, 3.63) is 65.1 Å². The summed E-state index contributed by atoms with van der Waals surface area (Å²) in [6.07, 6.45) is 4.78. The first-order valence-electron chi connectivity index (χ1n) is 9.44. The number of rotatable bonds is 3. The normalized spacial score (nSPS) is 13.0. The van der Waals surface area contributed by atoms with Crippen LogP contribution in [0, 0.1) is 0 Å². The van der Waals surface area contributed by atoms with Gasteiger partial charge in [-0.3, -0.25) is 0 Å². The van der Waals surface area contributed by atoms with Crippen LogP contribution in [-0.4, -0.2) is 10.1 Å². The number of hydrogen-bond acceptors (Lipinski definition) is 3. The summed E-state index contributed by atoms with van der Waals surface area (Å²) in [6, 6.07) is 12.0. The van der Waals surface area contributed by atoms with Crippen LogP contribution in [0.15, 0.2) is 46.9 Å². The molecule has 3 nitrogen and oxygen atoms in total. The highest BCUT2D eigenvalue weighted by atomic mass is 16.3. The standard InChI is InChI=1S/C24H29NO2/c1-23(2,3)17-14-16(15-18(22(17)26)24(4,5)6)10-9-13-21-25-19-11-7-8-12-20(19)27-21/h7-12,14-15,26H,13H2,1-6H3. The smallest absolute Gasteiger partial charge is 0.199 e. The lowest BCUT2D eigenvalue weighted by Crippen LogP contribution is -2.17. The van der Waals surface area contributed by atoms with Gasteiger partial charge in [0.2, 0.25) is 0 Å². The number of fused-ring (bicyclic) bond motifs is 1. The monoisotopic (exact) mass is 363 g/mol. The molecule has 0 unspecified atom stereocenters. The van der Waals surface area contributed by atoms with Gasteiger partial charge in [-0.05, 0) is 40.7 Å². The number of oxazole rings is 1. The summed E-state index contributed by atoms with van der Waals surface area (Å²) in [4.78, 5) is 4.51. The van der Waals surface area contributed by atoms with E-state index in [1.165, 1.54) is 0 Å². The Hall–Kier alpha value is -2.55. The molecule has 27 heavy (non-hydrogen) atoms. The molecule has 3 aromatic rings. The number of aromatic hydroxyl groups is 1. The first kappa shape index (κ1) is 19.2. The van der Waals surface area contributed by atoms with E-state index in [9.17, 15) is 5.11 Å². The van der Waals surface area contributed by atoms with Crippen molar-refractivity contribution in [3.8, 4) is 5.75 Å². The molecule has 0 aliphatic carbocycles. The van der Waals surface area contributed by atoms with Crippen molar-refractivity contribution in [2.75, 3.05) is 0 Å². The van der Waals surface area contributed by atoms with E-state index >= 15 is 0 Å². The molecule has 0 bridgehead atoms. The van der Waals surface area contributed by atoms with Gasteiger partial charge >= 0.3 is 0 Å². The first-order chi connectivity index (χ1) is 12.6. The summed E-state index contributed by atoms with van der Waals surface area (Å²) in [6.45, 7) is 12.8. The van der Waals surface area contributed by atoms with Gasteiger partial charge in [0.05, 0.1) is 0 Å². The zero-order chi connectivity index (χ0) is 19.8. The average molecular weight is 364 g/mol. The van der Waals surface area contributed by atoms with Crippen molar-refractivity contribution in [1.82, 2.24) is 4.98 Å². The van der Waals surface area contributed by atoms with Crippen LogP contribution in [0.2, 0.25) is 0 Å². The average Bonchev–Trinajstić information content (AvgIpc) is 2.96. The summed E-state index contributed by atoms with van der Waals surface area (Å²) < 4.78 is 5.78. The van der Waals surface area contributed by atoms with Crippen LogP contribution >= 0.6 is 0 Å². The Balaban J connectivity index is 1.92. The third kappa shape index (κ3) is 4.24. The van der Waals surface area contributed by atoms with Gasteiger partial charge in [0.15, 0.2) is 11.5 Å². The third-order valence-corrected chi connectivity index (χ3v) is 4.69. The second-order valence-corrected chi connectivity index (χ2v) is 9.15. The van der Waals surface area contributed by atoms with Gasteiger partial charge in [-0.2, -0.15) is 0 Å². The quantitative estimate of drug-likeness (QED) is 0.587. The summed E-state index contributed by atoms with van der Waals surface area (Å²) >= 11 is 0. The van der Waals surface area contributed by atoms with E-state index < -0.39 is 0 Å². The molecule has 0 amide bonds. The van der Waals surface area contributed by atoms with E-state index in [-0.39, 0.29) is 10.8 Å². The van der Waals surface area contributed by atoms with Gasteiger partial charge in [0, 0.05) is 17.5 Å². The van der Waals surface area contributed by atoms with E-state index in [0.717, 1.165) is 27.8 Å². The maximum atomic E-state index is 10.8.